The maximum atomic E-state index is 12.6. The molecule has 0 saturated carbocycles. The van der Waals surface area contributed by atoms with Gasteiger partial charge in [0.15, 0.2) is 6.61 Å². The van der Waals surface area contributed by atoms with Crippen molar-refractivity contribution in [3.63, 3.8) is 0 Å². The Kier molecular flexibility index (Phi) is 6.34. The number of carbonyl (C=O) groups is 2. The number of rotatable bonds is 6. The first-order valence-corrected chi connectivity index (χ1v) is 10.9. The van der Waals surface area contributed by atoms with Crippen LogP contribution in [-0.4, -0.2) is 44.3 Å². The van der Waals surface area contributed by atoms with E-state index in [1.807, 2.05) is 26.0 Å². The third-order valence-electron chi connectivity index (χ3n) is 4.76. The Morgan fingerprint density at radius 1 is 1.07 bits per heavy atom. The fraction of sp³-hybridized carbons (Fsp3) is 0.333. The third-order valence-corrected chi connectivity index (χ3v) is 6.66. The molecular weight excluding hydrogens is 392 g/mol. The molecule has 0 spiro atoms. The van der Waals surface area contributed by atoms with E-state index in [0.29, 0.717) is 18.8 Å². The zero-order chi connectivity index (χ0) is 21.0. The molecule has 1 amide bonds. The molecule has 3 rings (SSSR count). The Morgan fingerprint density at radius 3 is 2.48 bits per heavy atom. The number of sulfonamides is 1. The summed E-state index contributed by atoms with van der Waals surface area (Å²) in [6.07, 6.45) is 1.66. The van der Waals surface area contributed by atoms with Gasteiger partial charge in [-0.3, -0.25) is 4.79 Å². The Morgan fingerprint density at radius 2 is 1.79 bits per heavy atom. The highest BCUT2D eigenvalue weighted by Gasteiger charge is 2.27. The van der Waals surface area contributed by atoms with Crippen molar-refractivity contribution in [1.29, 1.82) is 0 Å². The molecule has 0 atom stereocenters. The number of ether oxygens (including phenoxy) is 1. The van der Waals surface area contributed by atoms with Crippen LogP contribution in [0.5, 0.6) is 0 Å². The molecule has 29 heavy (non-hydrogen) atoms. The van der Waals surface area contributed by atoms with E-state index in [1.165, 1.54) is 28.6 Å². The van der Waals surface area contributed by atoms with Gasteiger partial charge in [-0.05, 0) is 56.5 Å². The number of carbonyl (C=O) groups excluding carboxylic acids is 2. The lowest BCUT2D eigenvalue weighted by Gasteiger charge is -2.15. The molecule has 1 aliphatic heterocycles. The Labute approximate surface area is 170 Å². The van der Waals surface area contributed by atoms with Crippen LogP contribution >= 0.6 is 0 Å². The lowest BCUT2D eigenvalue weighted by molar-refractivity contribution is -0.119. The molecule has 0 radical (unpaired) electrons. The first-order valence-electron chi connectivity index (χ1n) is 9.42. The first-order chi connectivity index (χ1) is 13.8. The van der Waals surface area contributed by atoms with E-state index in [1.54, 1.807) is 6.07 Å². The van der Waals surface area contributed by atoms with Crippen molar-refractivity contribution in [3.05, 3.63) is 59.2 Å². The number of esters is 1. The summed E-state index contributed by atoms with van der Waals surface area (Å²) in [4.78, 5) is 24.4. The van der Waals surface area contributed by atoms with Gasteiger partial charge in [-0.25, -0.2) is 13.2 Å². The third kappa shape index (κ3) is 5.02. The van der Waals surface area contributed by atoms with E-state index >= 15 is 0 Å². The van der Waals surface area contributed by atoms with E-state index in [0.717, 1.165) is 24.0 Å². The number of hydrogen-bond donors (Lipinski definition) is 1. The maximum absolute atomic E-state index is 12.6. The van der Waals surface area contributed by atoms with Crippen molar-refractivity contribution in [1.82, 2.24) is 4.31 Å². The number of benzene rings is 2. The minimum absolute atomic E-state index is 0.0496. The fourth-order valence-corrected chi connectivity index (χ4v) is 4.78. The lowest BCUT2D eigenvalue weighted by Crippen LogP contribution is -2.28. The van der Waals surface area contributed by atoms with Gasteiger partial charge in [0.1, 0.15) is 0 Å². The van der Waals surface area contributed by atoms with E-state index in [2.05, 4.69) is 5.32 Å². The van der Waals surface area contributed by atoms with E-state index in [4.69, 9.17) is 4.74 Å². The summed E-state index contributed by atoms with van der Waals surface area (Å²) in [7, 11) is -3.63. The smallest absolute Gasteiger partial charge is 0.338 e. The van der Waals surface area contributed by atoms with Crippen molar-refractivity contribution in [2.75, 3.05) is 25.0 Å². The predicted molar refractivity (Wildman–Crippen MR) is 109 cm³/mol. The average Bonchev–Trinajstić information content (AvgIpc) is 3.24. The molecular formula is C21H24N2O5S. The van der Waals surface area contributed by atoms with Gasteiger partial charge in [0, 0.05) is 18.8 Å². The molecule has 2 aromatic rings. The standard InChI is InChI=1S/C21H24N2O5S/c1-15-8-9-19(16(2)12-15)22-20(24)14-28-21(25)17-6-5-7-18(13-17)29(26,27)23-10-3-4-11-23/h5-9,12-13H,3-4,10-11,14H2,1-2H3,(H,22,24). The highest BCUT2D eigenvalue weighted by atomic mass is 32.2. The van der Waals surface area contributed by atoms with Gasteiger partial charge >= 0.3 is 5.97 Å². The van der Waals surface area contributed by atoms with Crippen LogP contribution in [0.15, 0.2) is 47.4 Å². The molecule has 1 aliphatic rings. The number of anilines is 1. The lowest BCUT2D eigenvalue weighted by atomic mass is 10.1. The quantitative estimate of drug-likeness (QED) is 0.731. The minimum atomic E-state index is -3.63. The monoisotopic (exact) mass is 416 g/mol. The molecule has 7 nitrogen and oxygen atoms in total. The number of aryl methyl sites for hydroxylation is 2. The second-order valence-electron chi connectivity index (χ2n) is 7.08. The van der Waals surface area contributed by atoms with Crippen molar-refractivity contribution in [2.45, 2.75) is 31.6 Å². The van der Waals surface area contributed by atoms with Crippen LogP contribution in [-0.2, 0) is 19.6 Å². The van der Waals surface area contributed by atoms with Crippen LogP contribution in [0.2, 0.25) is 0 Å². The highest BCUT2D eigenvalue weighted by Crippen LogP contribution is 2.22. The molecule has 0 aromatic heterocycles. The van der Waals surface area contributed by atoms with Crippen LogP contribution in [0, 0.1) is 13.8 Å². The second-order valence-corrected chi connectivity index (χ2v) is 9.02. The van der Waals surface area contributed by atoms with Crippen molar-refractivity contribution in [3.8, 4) is 0 Å². The molecule has 1 N–H and O–H groups in total. The summed E-state index contributed by atoms with van der Waals surface area (Å²) in [5.74, 6) is -1.22. The molecule has 8 heteroatoms. The van der Waals surface area contributed by atoms with Gasteiger partial charge < -0.3 is 10.1 Å². The molecule has 0 bridgehead atoms. The van der Waals surface area contributed by atoms with Gasteiger partial charge in [-0.2, -0.15) is 4.31 Å². The van der Waals surface area contributed by atoms with Crippen LogP contribution in [0.25, 0.3) is 0 Å². The van der Waals surface area contributed by atoms with E-state index < -0.39 is 28.5 Å². The summed E-state index contributed by atoms with van der Waals surface area (Å²) in [5.41, 5.74) is 2.72. The minimum Gasteiger partial charge on any atom is -0.452 e. The number of nitrogens with one attached hydrogen (secondary N) is 1. The van der Waals surface area contributed by atoms with Gasteiger partial charge in [-0.15, -0.1) is 0 Å². The summed E-state index contributed by atoms with van der Waals surface area (Å²) in [5, 5.41) is 2.70. The summed E-state index contributed by atoms with van der Waals surface area (Å²) >= 11 is 0. The largest absolute Gasteiger partial charge is 0.452 e. The van der Waals surface area contributed by atoms with E-state index in [9.17, 15) is 18.0 Å². The Bertz CT molecular complexity index is 1030. The van der Waals surface area contributed by atoms with E-state index in [-0.39, 0.29) is 10.5 Å². The second kappa shape index (κ2) is 8.75. The fourth-order valence-electron chi connectivity index (χ4n) is 3.22. The zero-order valence-corrected chi connectivity index (χ0v) is 17.3. The molecule has 1 saturated heterocycles. The maximum Gasteiger partial charge on any atom is 0.338 e. The van der Waals surface area contributed by atoms with Gasteiger partial charge in [-0.1, -0.05) is 23.8 Å². The highest BCUT2D eigenvalue weighted by molar-refractivity contribution is 7.89. The zero-order valence-electron chi connectivity index (χ0n) is 16.5. The van der Waals surface area contributed by atoms with Crippen molar-refractivity contribution >= 4 is 27.6 Å². The molecule has 1 heterocycles. The van der Waals surface area contributed by atoms with Gasteiger partial charge in [0.05, 0.1) is 10.5 Å². The molecule has 1 fully saturated rings. The van der Waals surface area contributed by atoms with Crippen LogP contribution in [0.3, 0.4) is 0 Å². The number of nitrogens with zero attached hydrogens (tertiary/aromatic N) is 1. The van der Waals surface area contributed by atoms with Gasteiger partial charge in [0.2, 0.25) is 10.0 Å². The normalized spacial score (nSPS) is 14.6. The summed E-state index contributed by atoms with van der Waals surface area (Å²) in [6, 6.07) is 11.3. The van der Waals surface area contributed by atoms with Crippen molar-refractivity contribution in [2.24, 2.45) is 0 Å². The average molecular weight is 416 g/mol. The van der Waals surface area contributed by atoms with Gasteiger partial charge in [0.25, 0.3) is 5.91 Å². The SMILES string of the molecule is Cc1ccc(NC(=O)COC(=O)c2cccc(S(=O)(=O)N3CCCC3)c2)c(C)c1. The predicted octanol–water partition coefficient (Wildman–Crippen LogP) is 2.88. The molecule has 2 aromatic carbocycles. The first kappa shape index (κ1) is 21.0. The number of amides is 1. The summed E-state index contributed by atoms with van der Waals surface area (Å²) < 4.78 is 31.8. The molecule has 154 valence electrons. The molecule has 0 aliphatic carbocycles. The summed E-state index contributed by atoms with van der Waals surface area (Å²) in [6.45, 7) is 4.33. The Hall–Kier alpha value is -2.71. The van der Waals surface area contributed by atoms with Crippen LogP contribution < -0.4 is 5.32 Å². The van der Waals surface area contributed by atoms with Crippen molar-refractivity contribution < 1.29 is 22.7 Å². The number of hydrogen-bond acceptors (Lipinski definition) is 5. The Balaban J connectivity index is 1.63. The van der Waals surface area contributed by atoms with Crippen LogP contribution in [0.1, 0.15) is 34.3 Å². The molecule has 0 unspecified atom stereocenters. The topological polar surface area (TPSA) is 92.8 Å². The van der Waals surface area contributed by atoms with Crippen LogP contribution in [0.4, 0.5) is 5.69 Å².